The van der Waals surface area contributed by atoms with Crippen molar-refractivity contribution in [2.45, 2.75) is 33.4 Å². The highest BCUT2D eigenvalue weighted by atomic mass is 32.1. The summed E-state index contributed by atoms with van der Waals surface area (Å²) >= 11 is 1.64. The number of hydrogen-bond acceptors (Lipinski definition) is 4. The van der Waals surface area contributed by atoms with Crippen LogP contribution in [0.15, 0.2) is 29.9 Å². The van der Waals surface area contributed by atoms with Crippen molar-refractivity contribution in [3.05, 3.63) is 46.7 Å². The predicted octanol–water partition coefficient (Wildman–Crippen LogP) is 2.98. The average molecular weight is 329 g/mol. The number of amides is 1. The third kappa shape index (κ3) is 3.34. The molecule has 0 unspecified atom stereocenters. The van der Waals surface area contributed by atoms with Gasteiger partial charge in [0.05, 0.1) is 28.0 Å². The molecular weight excluding hydrogens is 310 g/mol. The molecule has 23 heavy (non-hydrogen) atoms. The van der Waals surface area contributed by atoms with Gasteiger partial charge in [-0.2, -0.15) is 10.2 Å². The van der Waals surface area contributed by atoms with Crippen LogP contribution >= 0.6 is 11.3 Å². The van der Waals surface area contributed by atoms with Crippen molar-refractivity contribution in [3.63, 3.8) is 0 Å². The number of nitrogens with one attached hydrogen (secondary N) is 2. The number of thiophene rings is 1. The second-order valence-corrected chi connectivity index (χ2v) is 6.27. The molecule has 0 atom stereocenters. The molecule has 0 spiro atoms. The predicted molar refractivity (Wildman–Crippen MR) is 90.3 cm³/mol. The van der Waals surface area contributed by atoms with E-state index in [0.717, 1.165) is 34.8 Å². The summed E-state index contributed by atoms with van der Waals surface area (Å²) in [5, 5.41) is 16.4. The fourth-order valence-electron chi connectivity index (χ4n) is 2.43. The first kappa shape index (κ1) is 15.5. The SMILES string of the molecule is CCCn1cc(C(=O)NCc2cn[nH]c2-c2cccs2)c(C)n1. The van der Waals surface area contributed by atoms with Gasteiger partial charge in [0.25, 0.3) is 5.91 Å². The van der Waals surface area contributed by atoms with E-state index in [-0.39, 0.29) is 5.91 Å². The van der Waals surface area contributed by atoms with E-state index in [9.17, 15) is 4.79 Å². The normalized spacial score (nSPS) is 10.9. The van der Waals surface area contributed by atoms with E-state index in [1.54, 1.807) is 17.5 Å². The molecule has 0 radical (unpaired) electrons. The van der Waals surface area contributed by atoms with Crippen molar-refractivity contribution < 1.29 is 4.79 Å². The van der Waals surface area contributed by atoms with E-state index in [1.807, 2.05) is 35.3 Å². The lowest BCUT2D eigenvalue weighted by molar-refractivity contribution is 0.0950. The highest BCUT2D eigenvalue weighted by Gasteiger charge is 2.15. The summed E-state index contributed by atoms with van der Waals surface area (Å²) in [6.45, 7) is 5.19. The fourth-order valence-corrected chi connectivity index (χ4v) is 3.19. The molecular formula is C16H19N5OS. The fraction of sp³-hybridized carbons (Fsp3) is 0.312. The Morgan fingerprint density at radius 1 is 1.48 bits per heavy atom. The van der Waals surface area contributed by atoms with Crippen LogP contribution in [0.2, 0.25) is 0 Å². The average Bonchev–Trinajstić information content (AvgIpc) is 3.25. The van der Waals surface area contributed by atoms with Gasteiger partial charge in [0, 0.05) is 24.8 Å². The Bertz CT molecular complexity index is 787. The van der Waals surface area contributed by atoms with E-state index < -0.39 is 0 Å². The maximum atomic E-state index is 12.4. The molecule has 0 aliphatic heterocycles. The molecule has 0 saturated carbocycles. The number of H-pyrrole nitrogens is 1. The van der Waals surface area contributed by atoms with Crippen molar-refractivity contribution in [1.82, 2.24) is 25.3 Å². The molecule has 2 N–H and O–H groups in total. The second kappa shape index (κ2) is 6.78. The summed E-state index contributed by atoms with van der Waals surface area (Å²) in [7, 11) is 0. The Hall–Kier alpha value is -2.41. The Kier molecular flexibility index (Phi) is 4.57. The number of hydrogen-bond donors (Lipinski definition) is 2. The van der Waals surface area contributed by atoms with E-state index in [4.69, 9.17) is 0 Å². The molecule has 3 aromatic heterocycles. The molecule has 3 rings (SSSR count). The first-order chi connectivity index (χ1) is 11.2. The minimum atomic E-state index is -0.108. The summed E-state index contributed by atoms with van der Waals surface area (Å²) < 4.78 is 1.82. The van der Waals surface area contributed by atoms with Crippen LogP contribution in [0.1, 0.15) is 35.0 Å². The first-order valence-electron chi connectivity index (χ1n) is 7.57. The van der Waals surface area contributed by atoms with E-state index in [2.05, 4.69) is 27.5 Å². The van der Waals surface area contributed by atoms with Gasteiger partial charge in [-0.05, 0) is 24.8 Å². The van der Waals surface area contributed by atoms with E-state index >= 15 is 0 Å². The largest absolute Gasteiger partial charge is 0.348 e. The maximum Gasteiger partial charge on any atom is 0.255 e. The molecule has 6 nitrogen and oxygen atoms in total. The summed E-state index contributed by atoms with van der Waals surface area (Å²) in [5.74, 6) is -0.108. The number of carbonyl (C=O) groups excluding carboxylic acids is 1. The van der Waals surface area contributed by atoms with Gasteiger partial charge in [0.2, 0.25) is 0 Å². The molecule has 3 heterocycles. The number of nitrogens with zero attached hydrogens (tertiary/aromatic N) is 3. The number of rotatable bonds is 6. The number of aromatic nitrogens is 4. The van der Waals surface area contributed by atoms with Crippen LogP contribution in [0.4, 0.5) is 0 Å². The molecule has 0 aliphatic carbocycles. The Morgan fingerprint density at radius 3 is 3.09 bits per heavy atom. The Balaban J connectivity index is 1.69. The molecule has 0 aromatic carbocycles. The topological polar surface area (TPSA) is 75.6 Å². The second-order valence-electron chi connectivity index (χ2n) is 5.32. The van der Waals surface area contributed by atoms with Crippen molar-refractivity contribution >= 4 is 17.2 Å². The van der Waals surface area contributed by atoms with Gasteiger partial charge in [-0.25, -0.2) is 0 Å². The zero-order valence-electron chi connectivity index (χ0n) is 13.2. The quantitative estimate of drug-likeness (QED) is 0.730. The van der Waals surface area contributed by atoms with Crippen LogP contribution in [0.25, 0.3) is 10.6 Å². The Labute approximate surface area is 138 Å². The lowest BCUT2D eigenvalue weighted by atomic mass is 10.2. The summed E-state index contributed by atoms with van der Waals surface area (Å²) in [6.07, 6.45) is 4.55. The van der Waals surface area contributed by atoms with Gasteiger partial charge >= 0.3 is 0 Å². The molecule has 3 aromatic rings. The lowest BCUT2D eigenvalue weighted by Gasteiger charge is -2.04. The minimum absolute atomic E-state index is 0.108. The van der Waals surface area contributed by atoms with Crippen LogP contribution in [0.3, 0.4) is 0 Å². The summed E-state index contributed by atoms with van der Waals surface area (Å²) in [6, 6.07) is 4.02. The highest BCUT2D eigenvalue weighted by molar-refractivity contribution is 7.13. The van der Waals surface area contributed by atoms with Crippen LogP contribution < -0.4 is 5.32 Å². The van der Waals surface area contributed by atoms with Crippen LogP contribution in [-0.4, -0.2) is 25.9 Å². The standard InChI is InChI=1S/C16H19N5OS/c1-3-6-21-10-13(11(2)20-21)16(22)17-8-12-9-18-19-15(12)14-5-4-7-23-14/h4-5,7,9-10H,3,6,8H2,1-2H3,(H,17,22)(H,18,19). The van der Waals surface area contributed by atoms with Crippen molar-refractivity contribution in [1.29, 1.82) is 0 Å². The van der Waals surface area contributed by atoms with Gasteiger partial charge < -0.3 is 5.32 Å². The van der Waals surface area contributed by atoms with Crippen LogP contribution in [0, 0.1) is 6.92 Å². The number of aromatic amines is 1. The maximum absolute atomic E-state index is 12.4. The van der Waals surface area contributed by atoms with Crippen molar-refractivity contribution in [2.24, 2.45) is 0 Å². The van der Waals surface area contributed by atoms with E-state index in [1.165, 1.54) is 0 Å². The highest BCUT2D eigenvalue weighted by Crippen LogP contribution is 2.25. The molecule has 0 fully saturated rings. The summed E-state index contributed by atoms with van der Waals surface area (Å²) in [4.78, 5) is 13.5. The summed E-state index contributed by atoms with van der Waals surface area (Å²) in [5.41, 5.74) is 3.30. The smallest absolute Gasteiger partial charge is 0.255 e. The van der Waals surface area contributed by atoms with Gasteiger partial charge in [-0.1, -0.05) is 13.0 Å². The van der Waals surface area contributed by atoms with Crippen molar-refractivity contribution in [2.75, 3.05) is 0 Å². The molecule has 0 aliphatic rings. The lowest BCUT2D eigenvalue weighted by Crippen LogP contribution is -2.23. The third-order valence-corrected chi connectivity index (χ3v) is 4.46. The van der Waals surface area contributed by atoms with Gasteiger partial charge in [-0.3, -0.25) is 14.6 Å². The Morgan fingerprint density at radius 2 is 2.35 bits per heavy atom. The molecule has 120 valence electrons. The van der Waals surface area contributed by atoms with Gasteiger partial charge in [0.1, 0.15) is 0 Å². The molecule has 1 amide bonds. The number of carbonyl (C=O) groups is 1. The van der Waals surface area contributed by atoms with Gasteiger partial charge in [0.15, 0.2) is 0 Å². The zero-order chi connectivity index (χ0) is 16.2. The number of aryl methyl sites for hydroxylation is 2. The molecule has 0 bridgehead atoms. The van der Waals surface area contributed by atoms with Gasteiger partial charge in [-0.15, -0.1) is 11.3 Å². The van der Waals surface area contributed by atoms with Crippen molar-refractivity contribution in [3.8, 4) is 10.6 Å². The van der Waals surface area contributed by atoms with E-state index in [0.29, 0.717) is 12.1 Å². The zero-order valence-corrected chi connectivity index (χ0v) is 14.0. The monoisotopic (exact) mass is 329 g/mol. The molecule has 7 heteroatoms. The third-order valence-electron chi connectivity index (χ3n) is 3.57. The molecule has 0 saturated heterocycles. The van der Waals surface area contributed by atoms with Crippen LogP contribution in [0.5, 0.6) is 0 Å². The van der Waals surface area contributed by atoms with Crippen LogP contribution in [-0.2, 0) is 13.1 Å². The minimum Gasteiger partial charge on any atom is -0.348 e. The first-order valence-corrected chi connectivity index (χ1v) is 8.45.